The van der Waals surface area contributed by atoms with Gasteiger partial charge in [0.25, 0.3) is 5.90 Å². The van der Waals surface area contributed by atoms with Gasteiger partial charge in [-0.05, 0) is 23.8 Å². The van der Waals surface area contributed by atoms with Crippen molar-refractivity contribution in [3.05, 3.63) is 77.9 Å². The molecule has 4 heteroatoms. The molecule has 1 aromatic heterocycles. The topological polar surface area (TPSA) is 51.8 Å². The minimum atomic E-state index is -0.478. The molecule has 20 heavy (non-hydrogen) atoms. The lowest BCUT2D eigenvalue weighted by molar-refractivity contribution is -0.130. The number of cyclic esters (lactones) is 1. The van der Waals surface area contributed by atoms with Gasteiger partial charge in [-0.3, -0.25) is 0 Å². The second-order valence-electron chi connectivity index (χ2n) is 4.11. The van der Waals surface area contributed by atoms with Crippen molar-refractivity contribution < 1.29 is 13.9 Å². The molecule has 0 aliphatic carbocycles. The monoisotopic (exact) mass is 265 g/mol. The van der Waals surface area contributed by atoms with Crippen LogP contribution in [0.5, 0.6) is 0 Å². The van der Waals surface area contributed by atoms with E-state index in [1.165, 1.54) is 6.26 Å². The number of hydrogen-bond acceptors (Lipinski definition) is 4. The minimum absolute atomic E-state index is 0.194. The number of allylic oxidation sites excluding steroid dienone is 2. The van der Waals surface area contributed by atoms with Crippen molar-refractivity contribution in [3.63, 3.8) is 0 Å². The Labute approximate surface area is 115 Å². The maximum Gasteiger partial charge on any atom is 0.363 e. The summed E-state index contributed by atoms with van der Waals surface area (Å²) < 4.78 is 10.2. The van der Waals surface area contributed by atoms with E-state index in [4.69, 9.17) is 9.15 Å². The van der Waals surface area contributed by atoms with Gasteiger partial charge in [0, 0.05) is 0 Å². The number of carbonyl (C=O) groups excluding carboxylic acids is 1. The zero-order valence-corrected chi connectivity index (χ0v) is 10.5. The Morgan fingerprint density at radius 1 is 1.05 bits per heavy atom. The molecule has 0 radical (unpaired) electrons. The Bertz CT molecular complexity index is 695. The van der Waals surface area contributed by atoms with Crippen LogP contribution in [-0.4, -0.2) is 11.9 Å². The smallest absolute Gasteiger partial charge is 0.363 e. The molecule has 98 valence electrons. The summed E-state index contributed by atoms with van der Waals surface area (Å²) in [5.41, 5.74) is 1.30. The summed E-state index contributed by atoms with van der Waals surface area (Å²) in [5, 5.41) is 0. The van der Waals surface area contributed by atoms with Crippen LogP contribution in [-0.2, 0) is 9.53 Å². The van der Waals surface area contributed by atoms with Gasteiger partial charge >= 0.3 is 5.97 Å². The van der Waals surface area contributed by atoms with Crippen LogP contribution in [0.2, 0.25) is 0 Å². The van der Waals surface area contributed by atoms with Gasteiger partial charge in [0.15, 0.2) is 11.5 Å². The van der Waals surface area contributed by atoms with Crippen LogP contribution in [0.4, 0.5) is 0 Å². The Morgan fingerprint density at radius 2 is 1.90 bits per heavy atom. The second kappa shape index (κ2) is 5.40. The molecule has 1 aliphatic rings. The van der Waals surface area contributed by atoms with E-state index >= 15 is 0 Å². The largest absolute Gasteiger partial charge is 0.459 e. The number of ether oxygens (including phenoxy) is 1. The van der Waals surface area contributed by atoms with Gasteiger partial charge in [0.05, 0.1) is 6.26 Å². The third kappa shape index (κ3) is 2.59. The van der Waals surface area contributed by atoms with Crippen LogP contribution in [0.3, 0.4) is 0 Å². The molecule has 0 fully saturated rings. The van der Waals surface area contributed by atoms with Crippen molar-refractivity contribution in [1.29, 1.82) is 0 Å². The summed E-state index contributed by atoms with van der Waals surface area (Å²) in [5.74, 6) is 0.155. The first kappa shape index (κ1) is 12.2. The normalized spacial score (nSPS) is 16.7. The molecule has 2 aromatic rings. The van der Waals surface area contributed by atoms with E-state index in [0.717, 1.165) is 5.56 Å². The quantitative estimate of drug-likeness (QED) is 0.632. The highest BCUT2D eigenvalue weighted by molar-refractivity contribution is 6.10. The molecule has 0 unspecified atom stereocenters. The van der Waals surface area contributed by atoms with E-state index in [0.29, 0.717) is 5.76 Å². The average Bonchev–Trinajstić information content (AvgIpc) is 3.10. The number of benzene rings is 1. The highest BCUT2D eigenvalue weighted by Gasteiger charge is 2.25. The zero-order chi connectivity index (χ0) is 13.8. The molecule has 1 aromatic carbocycles. The van der Waals surface area contributed by atoms with Crippen LogP contribution < -0.4 is 0 Å². The van der Waals surface area contributed by atoms with Gasteiger partial charge in [-0.1, -0.05) is 42.5 Å². The van der Waals surface area contributed by atoms with Crippen LogP contribution in [0.15, 0.2) is 76.0 Å². The van der Waals surface area contributed by atoms with Crippen molar-refractivity contribution in [1.82, 2.24) is 0 Å². The summed E-state index contributed by atoms with van der Waals surface area (Å²) in [6, 6.07) is 13.2. The maximum atomic E-state index is 11.6. The highest BCUT2D eigenvalue weighted by Crippen LogP contribution is 2.16. The highest BCUT2D eigenvalue weighted by atomic mass is 16.6. The van der Waals surface area contributed by atoms with Crippen molar-refractivity contribution >= 4 is 17.9 Å². The number of rotatable bonds is 3. The number of furan rings is 1. The summed E-state index contributed by atoms with van der Waals surface area (Å²) in [6.07, 6.45) is 6.77. The number of esters is 1. The van der Waals surface area contributed by atoms with Gasteiger partial charge in [0.1, 0.15) is 0 Å². The van der Waals surface area contributed by atoms with Gasteiger partial charge < -0.3 is 9.15 Å². The van der Waals surface area contributed by atoms with Gasteiger partial charge in [-0.15, -0.1) is 0 Å². The molecular formula is C16H11NO3. The van der Waals surface area contributed by atoms with Gasteiger partial charge in [0.2, 0.25) is 0 Å². The van der Waals surface area contributed by atoms with Crippen molar-refractivity contribution in [2.45, 2.75) is 0 Å². The zero-order valence-electron chi connectivity index (χ0n) is 10.5. The third-order valence-electron chi connectivity index (χ3n) is 2.69. The molecular weight excluding hydrogens is 254 g/mol. The molecule has 0 saturated heterocycles. The third-order valence-corrected chi connectivity index (χ3v) is 2.69. The van der Waals surface area contributed by atoms with E-state index < -0.39 is 5.97 Å². The second-order valence-corrected chi connectivity index (χ2v) is 4.11. The van der Waals surface area contributed by atoms with Gasteiger partial charge in [-0.2, -0.15) is 0 Å². The molecule has 0 amide bonds. The summed E-state index contributed by atoms with van der Waals surface area (Å²) in [4.78, 5) is 15.7. The van der Waals surface area contributed by atoms with Crippen LogP contribution in [0, 0.1) is 0 Å². The maximum absolute atomic E-state index is 11.6. The summed E-state index contributed by atoms with van der Waals surface area (Å²) >= 11 is 0. The first-order valence-electron chi connectivity index (χ1n) is 6.11. The van der Waals surface area contributed by atoms with Crippen LogP contribution in [0.1, 0.15) is 11.3 Å². The fourth-order valence-corrected chi connectivity index (χ4v) is 1.74. The van der Waals surface area contributed by atoms with Crippen molar-refractivity contribution in [2.75, 3.05) is 0 Å². The fourth-order valence-electron chi connectivity index (χ4n) is 1.74. The predicted octanol–water partition coefficient (Wildman–Crippen LogP) is 3.18. The van der Waals surface area contributed by atoms with Crippen molar-refractivity contribution in [2.24, 2.45) is 4.99 Å². The molecule has 0 N–H and O–H groups in total. The first-order valence-corrected chi connectivity index (χ1v) is 6.11. The van der Waals surface area contributed by atoms with E-state index in [1.807, 2.05) is 36.4 Å². The molecule has 3 rings (SSSR count). The van der Waals surface area contributed by atoms with E-state index in [-0.39, 0.29) is 11.6 Å². The molecule has 0 atom stereocenters. The molecule has 0 bridgehead atoms. The average molecular weight is 265 g/mol. The predicted molar refractivity (Wildman–Crippen MR) is 74.9 cm³/mol. The van der Waals surface area contributed by atoms with Crippen LogP contribution >= 0.6 is 0 Å². The van der Waals surface area contributed by atoms with Crippen LogP contribution in [0.25, 0.3) is 6.08 Å². The van der Waals surface area contributed by atoms with E-state index in [1.54, 1.807) is 24.3 Å². The van der Waals surface area contributed by atoms with Gasteiger partial charge in [-0.25, -0.2) is 9.79 Å². The number of nitrogens with zero attached hydrogens (tertiary/aromatic N) is 1. The molecule has 0 saturated carbocycles. The Hall–Kier alpha value is -2.88. The Balaban J connectivity index is 1.78. The summed E-state index contributed by atoms with van der Waals surface area (Å²) in [6.45, 7) is 0. The van der Waals surface area contributed by atoms with E-state index in [9.17, 15) is 4.79 Å². The Morgan fingerprint density at radius 3 is 2.65 bits per heavy atom. The lowest BCUT2D eigenvalue weighted by Gasteiger charge is -1.91. The molecule has 4 nitrogen and oxygen atoms in total. The standard InChI is InChI=1S/C16H11NO3/c18-16-13(9-4-8-12-6-2-1-3-7-12)17-15(20-16)14-10-5-11-19-14/h1-11H. The molecule has 2 heterocycles. The number of aliphatic imine (C=N–C) groups is 1. The first-order chi connectivity index (χ1) is 9.83. The van der Waals surface area contributed by atoms with E-state index in [2.05, 4.69) is 4.99 Å². The van der Waals surface area contributed by atoms with Crippen molar-refractivity contribution in [3.8, 4) is 0 Å². The lowest BCUT2D eigenvalue weighted by atomic mass is 10.2. The Kier molecular flexibility index (Phi) is 3.29. The lowest BCUT2D eigenvalue weighted by Crippen LogP contribution is -2.03. The number of hydrogen-bond donors (Lipinski definition) is 0. The fraction of sp³-hybridized carbons (Fsp3) is 0. The molecule has 0 spiro atoms. The minimum Gasteiger partial charge on any atom is -0.459 e. The molecule has 1 aliphatic heterocycles. The summed E-state index contributed by atoms with van der Waals surface area (Å²) in [7, 11) is 0. The number of carbonyl (C=O) groups is 1. The SMILES string of the molecule is O=C1OC(c2ccco2)=NC1=CC=Cc1ccccc1.